The second kappa shape index (κ2) is 5.61. The molecule has 0 aromatic rings. The van der Waals surface area contributed by atoms with Gasteiger partial charge in [-0.25, -0.2) is 0 Å². The minimum absolute atomic E-state index is 0.0361. The lowest BCUT2D eigenvalue weighted by Gasteiger charge is -2.30. The molecule has 0 fully saturated rings. The fourth-order valence-corrected chi connectivity index (χ4v) is 1.36. The second-order valence-electron chi connectivity index (χ2n) is 3.83. The first-order valence-corrected chi connectivity index (χ1v) is 4.75. The van der Waals surface area contributed by atoms with Gasteiger partial charge in [0.15, 0.2) is 0 Å². The van der Waals surface area contributed by atoms with Crippen LogP contribution in [0.25, 0.3) is 0 Å². The highest BCUT2D eigenvalue weighted by Gasteiger charge is 2.24. The molecule has 0 radical (unpaired) electrons. The molecular formula is C10H19N3O. The molecule has 0 rings (SSSR count). The first kappa shape index (κ1) is 12.9. The van der Waals surface area contributed by atoms with Gasteiger partial charge in [-0.05, 0) is 20.8 Å². The van der Waals surface area contributed by atoms with Crippen LogP contribution in [0.2, 0.25) is 0 Å². The van der Waals surface area contributed by atoms with Gasteiger partial charge in [-0.3, -0.25) is 9.69 Å². The average molecular weight is 197 g/mol. The zero-order valence-corrected chi connectivity index (χ0v) is 9.61. The Balaban J connectivity index is 4.52. The minimum atomic E-state index is -0.232. The van der Waals surface area contributed by atoms with Crippen molar-refractivity contribution < 1.29 is 4.79 Å². The summed E-state index contributed by atoms with van der Waals surface area (Å²) in [5.74, 6) is 0.0361. The number of amides is 1. The summed E-state index contributed by atoms with van der Waals surface area (Å²) in [4.78, 5) is 15.1. The fourth-order valence-electron chi connectivity index (χ4n) is 1.36. The number of likely N-dealkylation sites (N-methyl/N-ethyl adjacent to an activating group) is 1. The molecule has 0 heterocycles. The van der Waals surface area contributed by atoms with Crippen molar-refractivity contribution in [2.45, 2.75) is 32.9 Å². The lowest BCUT2D eigenvalue weighted by molar-refractivity contribution is -0.134. The minimum Gasteiger partial charge on any atom is -0.347 e. The van der Waals surface area contributed by atoms with Gasteiger partial charge in [0.25, 0.3) is 0 Å². The summed E-state index contributed by atoms with van der Waals surface area (Å²) >= 11 is 0. The van der Waals surface area contributed by atoms with Gasteiger partial charge in [0, 0.05) is 20.1 Å². The Labute approximate surface area is 86.1 Å². The molecule has 4 heteroatoms. The third-order valence-electron chi connectivity index (χ3n) is 2.21. The first-order chi connectivity index (χ1) is 6.41. The number of carbonyl (C=O) groups excluding carboxylic acids is 1. The summed E-state index contributed by atoms with van der Waals surface area (Å²) in [5.41, 5.74) is 0. The van der Waals surface area contributed by atoms with Crippen LogP contribution >= 0.6 is 0 Å². The molecule has 0 saturated heterocycles. The smallest absolute Gasteiger partial charge is 0.239 e. The van der Waals surface area contributed by atoms with E-state index in [0.717, 1.165) is 0 Å². The number of hydrogen-bond acceptors (Lipinski definition) is 3. The Morgan fingerprint density at radius 1 is 1.36 bits per heavy atom. The molecule has 0 aliphatic carbocycles. The largest absolute Gasteiger partial charge is 0.347 e. The number of hydrogen-bond donors (Lipinski definition) is 0. The predicted molar refractivity (Wildman–Crippen MR) is 55.6 cm³/mol. The molecule has 0 aliphatic heterocycles. The van der Waals surface area contributed by atoms with Crippen molar-refractivity contribution in [1.29, 1.82) is 5.26 Å². The number of rotatable bonds is 4. The van der Waals surface area contributed by atoms with E-state index in [9.17, 15) is 4.79 Å². The highest BCUT2D eigenvalue weighted by atomic mass is 16.2. The SMILES string of the molecule is CC(C)N(CC#N)C(C)C(=O)N(C)C. The van der Waals surface area contributed by atoms with E-state index in [-0.39, 0.29) is 18.0 Å². The van der Waals surface area contributed by atoms with Gasteiger partial charge < -0.3 is 4.90 Å². The van der Waals surface area contributed by atoms with Gasteiger partial charge in [0.2, 0.25) is 5.91 Å². The first-order valence-electron chi connectivity index (χ1n) is 4.75. The van der Waals surface area contributed by atoms with Crippen molar-refractivity contribution in [1.82, 2.24) is 9.80 Å². The van der Waals surface area contributed by atoms with Crippen LogP contribution in [0.5, 0.6) is 0 Å². The molecule has 0 aliphatic rings. The molecule has 0 aromatic carbocycles. The summed E-state index contributed by atoms with van der Waals surface area (Å²) in [6.07, 6.45) is 0. The van der Waals surface area contributed by atoms with E-state index in [4.69, 9.17) is 5.26 Å². The molecule has 80 valence electrons. The molecule has 0 N–H and O–H groups in total. The van der Waals surface area contributed by atoms with Crippen LogP contribution in [0.3, 0.4) is 0 Å². The molecule has 14 heavy (non-hydrogen) atoms. The summed E-state index contributed by atoms with van der Waals surface area (Å²) in [5, 5.41) is 8.64. The Morgan fingerprint density at radius 2 is 1.86 bits per heavy atom. The van der Waals surface area contributed by atoms with Gasteiger partial charge in [0.05, 0.1) is 18.7 Å². The molecule has 0 spiro atoms. The Morgan fingerprint density at radius 3 is 2.14 bits per heavy atom. The highest BCUT2D eigenvalue weighted by Crippen LogP contribution is 2.06. The Kier molecular flexibility index (Phi) is 5.18. The number of nitrogens with zero attached hydrogens (tertiary/aromatic N) is 3. The van der Waals surface area contributed by atoms with Crippen LogP contribution in [0.15, 0.2) is 0 Å². The molecule has 1 amide bonds. The molecule has 0 aromatic heterocycles. The van der Waals surface area contributed by atoms with E-state index < -0.39 is 0 Å². The van der Waals surface area contributed by atoms with E-state index in [1.807, 2.05) is 25.7 Å². The molecule has 0 saturated carbocycles. The molecule has 1 atom stereocenters. The average Bonchev–Trinajstić information content (AvgIpc) is 2.11. The molecule has 4 nitrogen and oxygen atoms in total. The topological polar surface area (TPSA) is 47.3 Å². The van der Waals surface area contributed by atoms with E-state index in [0.29, 0.717) is 6.54 Å². The van der Waals surface area contributed by atoms with Crippen LogP contribution < -0.4 is 0 Å². The number of nitriles is 1. The molecule has 1 unspecified atom stereocenters. The van der Waals surface area contributed by atoms with E-state index in [1.165, 1.54) is 0 Å². The fraction of sp³-hybridized carbons (Fsp3) is 0.800. The van der Waals surface area contributed by atoms with Crippen LogP contribution in [0, 0.1) is 11.3 Å². The monoisotopic (exact) mass is 197 g/mol. The van der Waals surface area contributed by atoms with Crippen molar-refractivity contribution in [2.75, 3.05) is 20.6 Å². The zero-order valence-electron chi connectivity index (χ0n) is 9.61. The van der Waals surface area contributed by atoms with Crippen molar-refractivity contribution in [3.8, 4) is 6.07 Å². The maximum atomic E-state index is 11.6. The van der Waals surface area contributed by atoms with Gasteiger partial charge in [-0.2, -0.15) is 5.26 Å². The normalized spacial score (nSPS) is 12.7. The molecular weight excluding hydrogens is 178 g/mol. The maximum absolute atomic E-state index is 11.6. The van der Waals surface area contributed by atoms with E-state index >= 15 is 0 Å². The van der Waals surface area contributed by atoms with E-state index in [2.05, 4.69) is 6.07 Å². The van der Waals surface area contributed by atoms with Crippen molar-refractivity contribution in [2.24, 2.45) is 0 Å². The quantitative estimate of drug-likeness (QED) is 0.623. The van der Waals surface area contributed by atoms with Gasteiger partial charge in [-0.15, -0.1) is 0 Å². The van der Waals surface area contributed by atoms with Crippen molar-refractivity contribution in [3.05, 3.63) is 0 Å². The van der Waals surface area contributed by atoms with Crippen LogP contribution in [-0.2, 0) is 4.79 Å². The van der Waals surface area contributed by atoms with Crippen LogP contribution in [0.1, 0.15) is 20.8 Å². The predicted octanol–water partition coefficient (Wildman–Crippen LogP) is 0.697. The molecule has 0 bridgehead atoms. The lowest BCUT2D eigenvalue weighted by atomic mass is 10.2. The number of carbonyl (C=O) groups is 1. The summed E-state index contributed by atoms with van der Waals surface area (Å²) in [7, 11) is 3.45. The Bertz CT molecular complexity index is 230. The van der Waals surface area contributed by atoms with Crippen molar-refractivity contribution in [3.63, 3.8) is 0 Å². The summed E-state index contributed by atoms with van der Waals surface area (Å²) < 4.78 is 0. The maximum Gasteiger partial charge on any atom is 0.239 e. The highest BCUT2D eigenvalue weighted by molar-refractivity contribution is 5.81. The second-order valence-corrected chi connectivity index (χ2v) is 3.83. The van der Waals surface area contributed by atoms with Gasteiger partial charge >= 0.3 is 0 Å². The lowest BCUT2D eigenvalue weighted by Crippen LogP contribution is -2.47. The zero-order chi connectivity index (χ0) is 11.3. The summed E-state index contributed by atoms with van der Waals surface area (Å²) in [6, 6.07) is 2.05. The third-order valence-corrected chi connectivity index (χ3v) is 2.21. The van der Waals surface area contributed by atoms with Crippen molar-refractivity contribution >= 4 is 5.91 Å². The Hall–Kier alpha value is -1.08. The third kappa shape index (κ3) is 3.35. The summed E-state index contributed by atoms with van der Waals surface area (Å²) in [6.45, 7) is 6.09. The van der Waals surface area contributed by atoms with Gasteiger partial charge in [0.1, 0.15) is 0 Å². The van der Waals surface area contributed by atoms with Crippen LogP contribution in [0.4, 0.5) is 0 Å². The van der Waals surface area contributed by atoms with E-state index in [1.54, 1.807) is 19.0 Å². The van der Waals surface area contributed by atoms with Gasteiger partial charge in [-0.1, -0.05) is 0 Å². The van der Waals surface area contributed by atoms with Crippen LogP contribution in [-0.4, -0.2) is 48.4 Å². The standard InChI is InChI=1S/C10H19N3O/c1-8(2)13(7-6-11)9(3)10(14)12(4)5/h8-9H,7H2,1-5H3.